The molecule has 1 aliphatic heterocycles. The lowest BCUT2D eigenvalue weighted by Crippen LogP contribution is -2.31. The van der Waals surface area contributed by atoms with Crippen LogP contribution in [-0.2, 0) is 0 Å². The minimum atomic E-state index is 0.579. The molecule has 0 bridgehead atoms. The summed E-state index contributed by atoms with van der Waals surface area (Å²) in [5, 5.41) is 10.2. The second kappa shape index (κ2) is 4.00. The predicted octanol–water partition coefficient (Wildman–Crippen LogP) is 1.30. The molecule has 2 N–H and O–H groups in total. The van der Waals surface area contributed by atoms with Crippen LogP contribution in [0.15, 0.2) is 12.4 Å². The molecule has 0 amide bonds. The highest BCUT2D eigenvalue weighted by Gasteiger charge is 2.23. The van der Waals surface area contributed by atoms with Crippen LogP contribution in [0, 0.1) is 0 Å². The summed E-state index contributed by atoms with van der Waals surface area (Å²) in [6.07, 6.45) is 4.96. The zero-order valence-electron chi connectivity index (χ0n) is 8.83. The first kappa shape index (κ1) is 9.52. The standard InChI is InChI=1S/C10H18N4/c1-8(2)14-4-3-9(7-14)13-10-5-11-12-6-10/h5-6,8-9,13H,3-4,7H2,1-2H3,(H,11,12). The van der Waals surface area contributed by atoms with Gasteiger partial charge >= 0.3 is 0 Å². The van der Waals surface area contributed by atoms with E-state index in [1.54, 1.807) is 0 Å². The Kier molecular flexibility index (Phi) is 2.72. The summed E-state index contributed by atoms with van der Waals surface area (Å²) in [5.41, 5.74) is 1.10. The number of aromatic nitrogens is 2. The molecule has 14 heavy (non-hydrogen) atoms. The number of anilines is 1. The largest absolute Gasteiger partial charge is 0.378 e. The first-order valence-electron chi connectivity index (χ1n) is 5.25. The average molecular weight is 194 g/mol. The maximum atomic E-state index is 3.92. The second-order valence-electron chi connectivity index (χ2n) is 4.21. The molecule has 1 saturated heterocycles. The number of nitrogens with one attached hydrogen (secondary N) is 2. The first-order valence-corrected chi connectivity index (χ1v) is 5.25. The van der Waals surface area contributed by atoms with Crippen molar-refractivity contribution in [2.45, 2.75) is 32.4 Å². The Morgan fingerprint density at radius 1 is 1.64 bits per heavy atom. The monoisotopic (exact) mass is 194 g/mol. The first-order chi connectivity index (χ1) is 6.75. The van der Waals surface area contributed by atoms with E-state index >= 15 is 0 Å². The summed E-state index contributed by atoms with van der Waals surface area (Å²) >= 11 is 0. The van der Waals surface area contributed by atoms with Gasteiger partial charge in [0.1, 0.15) is 0 Å². The van der Waals surface area contributed by atoms with E-state index in [0.717, 1.165) is 12.2 Å². The summed E-state index contributed by atoms with van der Waals surface area (Å²) in [7, 11) is 0. The van der Waals surface area contributed by atoms with Crippen LogP contribution in [0.5, 0.6) is 0 Å². The molecule has 0 spiro atoms. The Morgan fingerprint density at radius 3 is 3.07 bits per heavy atom. The van der Waals surface area contributed by atoms with E-state index in [1.165, 1.54) is 13.0 Å². The molecule has 1 aliphatic rings. The van der Waals surface area contributed by atoms with E-state index < -0.39 is 0 Å². The molecule has 0 saturated carbocycles. The molecule has 0 radical (unpaired) electrons. The number of rotatable bonds is 3. The number of aromatic amines is 1. The summed E-state index contributed by atoms with van der Waals surface area (Å²) in [4.78, 5) is 2.50. The van der Waals surface area contributed by atoms with Crippen molar-refractivity contribution in [1.29, 1.82) is 0 Å². The number of hydrogen-bond acceptors (Lipinski definition) is 3. The van der Waals surface area contributed by atoms with Crippen LogP contribution >= 0.6 is 0 Å². The molecule has 1 fully saturated rings. The maximum Gasteiger partial charge on any atom is 0.0726 e. The lowest BCUT2D eigenvalue weighted by molar-refractivity contribution is 0.274. The van der Waals surface area contributed by atoms with Crippen LogP contribution < -0.4 is 5.32 Å². The van der Waals surface area contributed by atoms with E-state index in [-0.39, 0.29) is 0 Å². The van der Waals surface area contributed by atoms with Gasteiger partial charge in [0.05, 0.1) is 11.9 Å². The molecular formula is C10H18N4. The van der Waals surface area contributed by atoms with Crippen molar-refractivity contribution in [2.75, 3.05) is 18.4 Å². The molecule has 2 heterocycles. The third kappa shape index (κ3) is 2.07. The summed E-state index contributed by atoms with van der Waals surface area (Å²) in [6, 6.07) is 1.24. The van der Waals surface area contributed by atoms with Gasteiger partial charge in [0, 0.05) is 31.4 Å². The third-order valence-corrected chi connectivity index (χ3v) is 2.82. The van der Waals surface area contributed by atoms with Crippen LogP contribution in [-0.4, -0.2) is 40.3 Å². The van der Waals surface area contributed by atoms with Crippen LogP contribution in [0.4, 0.5) is 5.69 Å². The summed E-state index contributed by atoms with van der Waals surface area (Å²) in [5.74, 6) is 0. The van der Waals surface area contributed by atoms with Gasteiger partial charge in [-0.15, -0.1) is 0 Å². The summed E-state index contributed by atoms with van der Waals surface area (Å²) < 4.78 is 0. The average Bonchev–Trinajstić information content (AvgIpc) is 2.75. The Labute approximate surface area is 84.7 Å². The minimum Gasteiger partial charge on any atom is -0.378 e. The molecule has 0 aliphatic carbocycles. The Hall–Kier alpha value is -1.03. The molecule has 1 unspecified atom stereocenters. The molecule has 4 nitrogen and oxygen atoms in total. The molecule has 1 aromatic rings. The number of likely N-dealkylation sites (tertiary alicyclic amines) is 1. The highest BCUT2D eigenvalue weighted by atomic mass is 15.2. The van der Waals surface area contributed by atoms with E-state index in [4.69, 9.17) is 0 Å². The number of hydrogen-bond donors (Lipinski definition) is 2. The van der Waals surface area contributed by atoms with Gasteiger partial charge < -0.3 is 5.32 Å². The third-order valence-electron chi connectivity index (χ3n) is 2.82. The fourth-order valence-electron chi connectivity index (χ4n) is 1.94. The van der Waals surface area contributed by atoms with E-state index in [2.05, 4.69) is 34.3 Å². The van der Waals surface area contributed by atoms with Gasteiger partial charge in [-0.3, -0.25) is 10.00 Å². The number of nitrogens with zero attached hydrogens (tertiary/aromatic N) is 2. The van der Waals surface area contributed by atoms with Crippen LogP contribution in [0.3, 0.4) is 0 Å². The van der Waals surface area contributed by atoms with Crippen molar-refractivity contribution in [3.8, 4) is 0 Å². The predicted molar refractivity (Wildman–Crippen MR) is 57.3 cm³/mol. The maximum absolute atomic E-state index is 3.92. The van der Waals surface area contributed by atoms with Gasteiger partial charge in [-0.2, -0.15) is 5.10 Å². The van der Waals surface area contributed by atoms with Crippen molar-refractivity contribution in [3.05, 3.63) is 12.4 Å². The normalized spacial score (nSPS) is 23.2. The lowest BCUT2D eigenvalue weighted by atomic mass is 10.2. The fourth-order valence-corrected chi connectivity index (χ4v) is 1.94. The van der Waals surface area contributed by atoms with Crippen LogP contribution in [0.25, 0.3) is 0 Å². The zero-order chi connectivity index (χ0) is 9.97. The molecule has 1 aromatic heterocycles. The van der Waals surface area contributed by atoms with Gasteiger partial charge in [-0.1, -0.05) is 0 Å². The highest BCUT2D eigenvalue weighted by Crippen LogP contribution is 2.16. The van der Waals surface area contributed by atoms with Gasteiger partial charge in [-0.05, 0) is 20.3 Å². The molecule has 4 heteroatoms. The zero-order valence-corrected chi connectivity index (χ0v) is 8.83. The molecule has 78 valence electrons. The Balaban J connectivity index is 1.84. The molecule has 1 atom stereocenters. The van der Waals surface area contributed by atoms with Crippen molar-refractivity contribution in [2.24, 2.45) is 0 Å². The van der Waals surface area contributed by atoms with Gasteiger partial charge in [0.25, 0.3) is 0 Å². The van der Waals surface area contributed by atoms with Crippen molar-refractivity contribution in [3.63, 3.8) is 0 Å². The topological polar surface area (TPSA) is 44.0 Å². The molecular weight excluding hydrogens is 176 g/mol. The van der Waals surface area contributed by atoms with E-state index in [1.807, 2.05) is 12.4 Å². The molecule has 0 aromatic carbocycles. The SMILES string of the molecule is CC(C)N1CCC(Nc2cn[nH]c2)C1. The van der Waals surface area contributed by atoms with Crippen LogP contribution in [0.1, 0.15) is 20.3 Å². The lowest BCUT2D eigenvalue weighted by Gasteiger charge is -2.20. The van der Waals surface area contributed by atoms with Crippen molar-refractivity contribution < 1.29 is 0 Å². The highest BCUT2D eigenvalue weighted by molar-refractivity contribution is 5.39. The second-order valence-corrected chi connectivity index (χ2v) is 4.21. The number of H-pyrrole nitrogens is 1. The Bertz CT molecular complexity index is 268. The smallest absolute Gasteiger partial charge is 0.0726 e. The van der Waals surface area contributed by atoms with Crippen molar-refractivity contribution >= 4 is 5.69 Å². The van der Waals surface area contributed by atoms with Gasteiger partial charge in [0.2, 0.25) is 0 Å². The van der Waals surface area contributed by atoms with E-state index in [0.29, 0.717) is 12.1 Å². The van der Waals surface area contributed by atoms with Gasteiger partial charge in [0.15, 0.2) is 0 Å². The van der Waals surface area contributed by atoms with E-state index in [9.17, 15) is 0 Å². The van der Waals surface area contributed by atoms with Crippen LogP contribution in [0.2, 0.25) is 0 Å². The van der Waals surface area contributed by atoms with Gasteiger partial charge in [-0.25, -0.2) is 0 Å². The minimum absolute atomic E-state index is 0.579. The Morgan fingerprint density at radius 2 is 2.50 bits per heavy atom. The quantitative estimate of drug-likeness (QED) is 0.762. The fraction of sp³-hybridized carbons (Fsp3) is 0.700. The molecule has 2 rings (SSSR count). The summed E-state index contributed by atoms with van der Waals surface area (Å²) in [6.45, 7) is 6.84. The van der Waals surface area contributed by atoms with Crippen molar-refractivity contribution in [1.82, 2.24) is 15.1 Å².